The molecule has 5 nitrogen and oxygen atoms in total. The van der Waals surface area contributed by atoms with Gasteiger partial charge in [0.05, 0.1) is 14.2 Å². The molecule has 0 saturated carbocycles. The van der Waals surface area contributed by atoms with Crippen LogP contribution >= 0.6 is 11.8 Å². The number of quaternary nitrogens is 1. The zero-order chi connectivity index (χ0) is 15.1. The highest BCUT2D eigenvalue weighted by Crippen LogP contribution is 2.14. The summed E-state index contributed by atoms with van der Waals surface area (Å²) in [5.74, 6) is -0.338. The molecule has 6 heteroatoms. The molecule has 0 fully saturated rings. The van der Waals surface area contributed by atoms with E-state index < -0.39 is 6.09 Å². The predicted octanol–water partition coefficient (Wildman–Crippen LogP) is 0.694. The molecule has 0 aliphatic heterocycles. The summed E-state index contributed by atoms with van der Waals surface area (Å²) in [5, 5.41) is 2.19. The summed E-state index contributed by atoms with van der Waals surface area (Å²) in [4.78, 5) is 25.0. The van der Waals surface area contributed by atoms with Gasteiger partial charge in [0.15, 0.2) is 6.04 Å². The number of imide groups is 1. The van der Waals surface area contributed by atoms with Gasteiger partial charge in [-0.05, 0) is 25.3 Å². The topological polar surface area (TPSA) is 59.8 Å². The second-order valence-corrected chi connectivity index (χ2v) is 5.45. The Hall–Kier alpha value is -1.53. The first-order chi connectivity index (χ1) is 9.47. The van der Waals surface area contributed by atoms with Gasteiger partial charge in [0.25, 0.3) is 5.91 Å². The number of hydrogen-bond donors (Lipinski definition) is 2. The van der Waals surface area contributed by atoms with Crippen molar-refractivity contribution in [2.75, 3.05) is 20.4 Å². The van der Waals surface area contributed by atoms with E-state index in [1.165, 1.54) is 12.0 Å². The maximum absolute atomic E-state index is 11.8. The summed E-state index contributed by atoms with van der Waals surface area (Å²) in [5.41, 5.74) is 1.15. The number of benzene rings is 1. The van der Waals surface area contributed by atoms with Crippen molar-refractivity contribution in [3.8, 4) is 0 Å². The lowest BCUT2D eigenvalue weighted by Crippen LogP contribution is -3.12. The van der Waals surface area contributed by atoms with Crippen LogP contribution in [0.1, 0.15) is 12.5 Å². The Labute approximate surface area is 123 Å². The molecule has 1 aromatic carbocycles. The van der Waals surface area contributed by atoms with E-state index in [9.17, 15) is 9.59 Å². The molecule has 0 heterocycles. The van der Waals surface area contributed by atoms with Crippen molar-refractivity contribution >= 4 is 23.8 Å². The Balaban J connectivity index is 2.57. The number of amides is 2. The van der Waals surface area contributed by atoms with Crippen molar-refractivity contribution in [3.05, 3.63) is 29.8 Å². The Kier molecular flexibility index (Phi) is 6.54. The first-order valence-corrected chi connectivity index (χ1v) is 7.54. The van der Waals surface area contributed by atoms with Gasteiger partial charge in [-0.2, -0.15) is 0 Å². The fraction of sp³-hybridized carbons (Fsp3) is 0.429. The van der Waals surface area contributed by atoms with Crippen LogP contribution in [0.5, 0.6) is 0 Å². The van der Waals surface area contributed by atoms with E-state index in [4.69, 9.17) is 0 Å². The van der Waals surface area contributed by atoms with Gasteiger partial charge >= 0.3 is 6.09 Å². The molecule has 0 bridgehead atoms. The quantitative estimate of drug-likeness (QED) is 0.785. The summed E-state index contributed by atoms with van der Waals surface area (Å²) < 4.78 is 4.41. The van der Waals surface area contributed by atoms with E-state index in [1.807, 2.05) is 13.3 Å². The standard InChI is InChI=1S/C14H20N2O3S/c1-10(13(17)15-14(18)19-3)16(2)9-11-5-7-12(20-4)8-6-11/h5-8,10H,9H2,1-4H3,(H,15,17,18)/p+1/t10-/m1/s1. The number of thioether (sulfide) groups is 1. The molecule has 2 amide bonds. The van der Waals surface area contributed by atoms with Crippen LogP contribution in [-0.2, 0) is 16.1 Å². The van der Waals surface area contributed by atoms with Crippen LogP contribution in [0.2, 0.25) is 0 Å². The van der Waals surface area contributed by atoms with Gasteiger partial charge in [-0.15, -0.1) is 11.8 Å². The van der Waals surface area contributed by atoms with E-state index in [2.05, 4.69) is 34.3 Å². The summed E-state index contributed by atoms with van der Waals surface area (Å²) in [7, 11) is 3.15. The highest BCUT2D eigenvalue weighted by molar-refractivity contribution is 7.98. The van der Waals surface area contributed by atoms with E-state index in [-0.39, 0.29) is 11.9 Å². The third-order valence-electron chi connectivity index (χ3n) is 3.19. The average Bonchev–Trinajstić information content (AvgIpc) is 2.46. The lowest BCUT2D eigenvalue weighted by molar-refractivity contribution is -0.908. The van der Waals surface area contributed by atoms with E-state index in [0.717, 1.165) is 10.5 Å². The number of carbonyl (C=O) groups excluding carboxylic acids is 2. The molecule has 0 spiro atoms. The largest absolute Gasteiger partial charge is 0.453 e. The third-order valence-corrected chi connectivity index (χ3v) is 3.93. The average molecular weight is 297 g/mol. The smallest absolute Gasteiger partial charge is 0.413 e. The van der Waals surface area contributed by atoms with Crippen molar-refractivity contribution in [2.45, 2.75) is 24.4 Å². The number of methoxy groups -OCH3 is 1. The number of ether oxygens (including phenoxy) is 1. The van der Waals surface area contributed by atoms with E-state index >= 15 is 0 Å². The molecule has 0 aromatic heterocycles. The highest BCUT2D eigenvalue weighted by Gasteiger charge is 2.23. The zero-order valence-corrected chi connectivity index (χ0v) is 13.0. The lowest BCUT2D eigenvalue weighted by Gasteiger charge is -2.20. The van der Waals surface area contributed by atoms with Crippen LogP contribution < -0.4 is 10.2 Å². The molecular formula is C14H21N2O3S+. The molecular weight excluding hydrogens is 276 g/mol. The van der Waals surface area contributed by atoms with E-state index in [0.29, 0.717) is 6.54 Å². The fourth-order valence-electron chi connectivity index (χ4n) is 1.70. The minimum absolute atomic E-state index is 0.338. The normalized spacial score (nSPS) is 13.4. The van der Waals surface area contributed by atoms with Gasteiger partial charge < -0.3 is 9.64 Å². The van der Waals surface area contributed by atoms with Crippen LogP contribution in [0.4, 0.5) is 4.79 Å². The molecule has 0 radical (unpaired) electrons. The highest BCUT2D eigenvalue weighted by atomic mass is 32.2. The Morgan fingerprint density at radius 1 is 1.35 bits per heavy atom. The van der Waals surface area contributed by atoms with Gasteiger partial charge in [-0.25, -0.2) is 4.79 Å². The Morgan fingerprint density at radius 2 is 1.95 bits per heavy atom. The Bertz CT molecular complexity index is 462. The predicted molar refractivity (Wildman–Crippen MR) is 78.8 cm³/mol. The molecule has 0 aliphatic carbocycles. The summed E-state index contributed by atoms with van der Waals surface area (Å²) in [6, 6.07) is 7.90. The monoisotopic (exact) mass is 297 g/mol. The molecule has 2 N–H and O–H groups in total. The fourth-order valence-corrected chi connectivity index (χ4v) is 2.11. The maximum atomic E-state index is 11.8. The van der Waals surface area contributed by atoms with Crippen molar-refractivity contribution in [3.63, 3.8) is 0 Å². The first kappa shape index (κ1) is 16.5. The molecule has 0 saturated heterocycles. The Morgan fingerprint density at radius 3 is 2.45 bits per heavy atom. The van der Waals surface area contributed by atoms with Crippen LogP contribution in [0.15, 0.2) is 29.2 Å². The van der Waals surface area contributed by atoms with Crippen molar-refractivity contribution in [2.24, 2.45) is 0 Å². The number of nitrogens with one attached hydrogen (secondary N) is 2. The van der Waals surface area contributed by atoms with Crippen LogP contribution in [0.25, 0.3) is 0 Å². The van der Waals surface area contributed by atoms with Crippen LogP contribution in [-0.4, -0.2) is 38.5 Å². The third kappa shape index (κ3) is 4.86. The maximum Gasteiger partial charge on any atom is 0.413 e. The van der Waals surface area contributed by atoms with Crippen LogP contribution in [0, 0.1) is 0 Å². The number of rotatable bonds is 5. The van der Waals surface area contributed by atoms with Gasteiger partial charge in [-0.3, -0.25) is 10.1 Å². The molecule has 1 aromatic rings. The minimum atomic E-state index is -0.723. The van der Waals surface area contributed by atoms with Crippen molar-refractivity contribution in [1.82, 2.24) is 5.32 Å². The van der Waals surface area contributed by atoms with Crippen molar-refractivity contribution < 1.29 is 19.2 Å². The van der Waals surface area contributed by atoms with E-state index in [1.54, 1.807) is 18.7 Å². The first-order valence-electron chi connectivity index (χ1n) is 6.32. The number of alkyl carbamates (subject to hydrolysis) is 1. The summed E-state index contributed by atoms with van der Waals surface area (Å²) in [6.45, 7) is 2.49. The van der Waals surface area contributed by atoms with Gasteiger partial charge in [0.2, 0.25) is 0 Å². The molecule has 110 valence electrons. The molecule has 1 rings (SSSR count). The lowest BCUT2D eigenvalue weighted by atomic mass is 10.2. The van der Waals surface area contributed by atoms with Gasteiger partial charge in [0.1, 0.15) is 6.54 Å². The number of likely N-dealkylation sites (N-methyl/N-ethyl adjacent to an activating group) is 1. The van der Waals surface area contributed by atoms with Crippen LogP contribution in [0.3, 0.4) is 0 Å². The minimum Gasteiger partial charge on any atom is -0.453 e. The second kappa shape index (κ2) is 7.91. The number of hydrogen-bond acceptors (Lipinski definition) is 4. The van der Waals surface area contributed by atoms with Crippen molar-refractivity contribution in [1.29, 1.82) is 0 Å². The summed E-state index contributed by atoms with van der Waals surface area (Å²) in [6.07, 6.45) is 1.31. The summed E-state index contributed by atoms with van der Waals surface area (Å²) >= 11 is 1.69. The SMILES string of the molecule is COC(=O)NC(=O)[C@@H](C)[NH+](C)Cc1ccc(SC)cc1. The molecule has 1 unspecified atom stereocenters. The molecule has 2 atom stereocenters. The number of carbonyl (C=O) groups is 2. The second-order valence-electron chi connectivity index (χ2n) is 4.57. The van der Waals surface area contributed by atoms with Gasteiger partial charge in [0, 0.05) is 10.5 Å². The molecule has 0 aliphatic rings. The zero-order valence-electron chi connectivity index (χ0n) is 12.2. The molecule has 20 heavy (non-hydrogen) atoms. The van der Waals surface area contributed by atoms with Gasteiger partial charge in [-0.1, -0.05) is 12.1 Å².